The number of amides is 1. The van der Waals surface area contributed by atoms with Gasteiger partial charge in [-0.1, -0.05) is 11.6 Å². The SMILES string of the molecule is C#CC(=O)N1CCN(c2ccc(-c3cc(OCC)cnc3C(Cl)=CN)cn2)CC1. The smallest absolute Gasteiger partial charge is 0.298 e. The molecule has 3 rings (SSSR count). The average molecular weight is 412 g/mol. The van der Waals surface area contributed by atoms with Gasteiger partial charge in [-0.2, -0.15) is 0 Å². The van der Waals surface area contributed by atoms with E-state index in [1.807, 2.05) is 25.1 Å². The summed E-state index contributed by atoms with van der Waals surface area (Å²) in [6, 6.07) is 5.77. The molecule has 0 atom stereocenters. The number of hydrogen-bond acceptors (Lipinski definition) is 6. The summed E-state index contributed by atoms with van der Waals surface area (Å²) in [5.74, 6) is 3.36. The van der Waals surface area contributed by atoms with Gasteiger partial charge in [0.25, 0.3) is 5.91 Å². The summed E-state index contributed by atoms with van der Waals surface area (Å²) in [7, 11) is 0. The van der Waals surface area contributed by atoms with E-state index in [0.717, 1.165) is 16.9 Å². The monoisotopic (exact) mass is 411 g/mol. The Labute approximate surface area is 175 Å². The number of carbonyl (C=O) groups excluding carboxylic acids is 1. The van der Waals surface area contributed by atoms with Crippen LogP contribution in [0.2, 0.25) is 0 Å². The van der Waals surface area contributed by atoms with Crippen molar-refractivity contribution in [1.29, 1.82) is 0 Å². The molecule has 0 spiro atoms. The molecule has 2 aromatic heterocycles. The summed E-state index contributed by atoms with van der Waals surface area (Å²) >= 11 is 6.24. The van der Waals surface area contributed by atoms with Crippen LogP contribution < -0.4 is 15.4 Å². The summed E-state index contributed by atoms with van der Waals surface area (Å²) in [5.41, 5.74) is 7.78. The van der Waals surface area contributed by atoms with E-state index >= 15 is 0 Å². The molecule has 2 N–H and O–H groups in total. The first-order valence-corrected chi connectivity index (χ1v) is 9.62. The molecule has 0 bridgehead atoms. The number of rotatable bonds is 5. The van der Waals surface area contributed by atoms with Crippen molar-refractivity contribution in [2.45, 2.75) is 6.92 Å². The summed E-state index contributed by atoms with van der Waals surface area (Å²) in [4.78, 5) is 24.4. The zero-order valence-corrected chi connectivity index (χ0v) is 16.9. The van der Waals surface area contributed by atoms with E-state index in [-0.39, 0.29) is 5.91 Å². The normalized spacial score (nSPS) is 14.4. The lowest BCUT2D eigenvalue weighted by atomic mass is 10.1. The molecule has 3 heterocycles. The molecule has 7 nitrogen and oxygen atoms in total. The lowest BCUT2D eigenvalue weighted by Crippen LogP contribution is -2.48. The van der Waals surface area contributed by atoms with Crippen molar-refractivity contribution in [2.24, 2.45) is 5.73 Å². The average Bonchev–Trinajstić information content (AvgIpc) is 2.78. The van der Waals surface area contributed by atoms with Gasteiger partial charge in [-0.25, -0.2) is 4.98 Å². The highest BCUT2D eigenvalue weighted by molar-refractivity contribution is 6.48. The van der Waals surface area contributed by atoms with Crippen LogP contribution in [-0.4, -0.2) is 53.6 Å². The lowest BCUT2D eigenvalue weighted by Gasteiger charge is -2.34. The molecule has 1 aliphatic rings. The number of aromatic nitrogens is 2. The van der Waals surface area contributed by atoms with E-state index in [0.29, 0.717) is 49.3 Å². The minimum absolute atomic E-state index is 0.271. The number of hydrogen-bond donors (Lipinski definition) is 1. The molecule has 150 valence electrons. The van der Waals surface area contributed by atoms with Crippen LogP contribution in [0.3, 0.4) is 0 Å². The molecule has 1 aliphatic heterocycles. The van der Waals surface area contributed by atoms with Gasteiger partial charge in [-0.15, -0.1) is 6.42 Å². The van der Waals surface area contributed by atoms with Crippen molar-refractivity contribution in [3.05, 3.63) is 42.5 Å². The van der Waals surface area contributed by atoms with E-state index < -0.39 is 0 Å². The Bertz CT molecular complexity index is 945. The molecule has 0 aromatic carbocycles. The third-order valence-corrected chi connectivity index (χ3v) is 4.92. The summed E-state index contributed by atoms with van der Waals surface area (Å²) in [6.45, 7) is 4.95. The van der Waals surface area contributed by atoms with Gasteiger partial charge in [-0.05, 0) is 31.0 Å². The van der Waals surface area contributed by atoms with Gasteiger partial charge in [0.1, 0.15) is 11.6 Å². The molecular weight excluding hydrogens is 390 g/mol. The fourth-order valence-corrected chi connectivity index (χ4v) is 3.29. The van der Waals surface area contributed by atoms with Crippen LogP contribution >= 0.6 is 11.6 Å². The van der Waals surface area contributed by atoms with Gasteiger partial charge >= 0.3 is 0 Å². The number of halogens is 1. The minimum atomic E-state index is -0.271. The third-order valence-electron chi connectivity index (χ3n) is 4.62. The molecule has 0 saturated carbocycles. The lowest BCUT2D eigenvalue weighted by molar-refractivity contribution is -0.125. The number of pyridine rings is 2. The Morgan fingerprint density at radius 2 is 2.07 bits per heavy atom. The number of nitrogens with zero attached hydrogens (tertiary/aromatic N) is 4. The molecule has 0 aliphatic carbocycles. The second kappa shape index (κ2) is 9.30. The molecule has 8 heteroatoms. The maximum atomic E-state index is 11.6. The molecule has 2 aromatic rings. The van der Waals surface area contributed by atoms with E-state index in [9.17, 15) is 4.79 Å². The Morgan fingerprint density at radius 3 is 2.66 bits per heavy atom. The highest BCUT2D eigenvalue weighted by Crippen LogP contribution is 2.32. The van der Waals surface area contributed by atoms with Crippen molar-refractivity contribution >= 4 is 28.4 Å². The number of carbonyl (C=O) groups is 1. The van der Waals surface area contributed by atoms with Crippen LogP contribution in [0.4, 0.5) is 5.82 Å². The Balaban J connectivity index is 1.83. The second-order valence-electron chi connectivity index (χ2n) is 6.34. The van der Waals surface area contributed by atoms with Crippen LogP contribution in [0.5, 0.6) is 5.75 Å². The maximum Gasteiger partial charge on any atom is 0.298 e. The van der Waals surface area contributed by atoms with Gasteiger partial charge in [0.2, 0.25) is 0 Å². The van der Waals surface area contributed by atoms with Crippen LogP contribution in [0.1, 0.15) is 12.6 Å². The van der Waals surface area contributed by atoms with Crippen LogP contribution in [0, 0.1) is 12.3 Å². The van der Waals surface area contributed by atoms with Crippen molar-refractivity contribution < 1.29 is 9.53 Å². The molecule has 29 heavy (non-hydrogen) atoms. The quantitative estimate of drug-likeness (QED) is 0.760. The Kier molecular flexibility index (Phi) is 6.57. The Morgan fingerprint density at radius 1 is 1.31 bits per heavy atom. The van der Waals surface area contributed by atoms with Crippen LogP contribution in [0.25, 0.3) is 16.2 Å². The fourth-order valence-electron chi connectivity index (χ4n) is 3.14. The van der Waals surface area contributed by atoms with Gasteiger partial charge in [0.15, 0.2) is 0 Å². The van der Waals surface area contributed by atoms with Gasteiger partial charge in [0.05, 0.1) is 23.5 Å². The van der Waals surface area contributed by atoms with Crippen molar-refractivity contribution in [1.82, 2.24) is 14.9 Å². The number of terminal acetylenes is 1. The molecular formula is C21H22ClN5O2. The molecule has 1 saturated heterocycles. The maximum absolute atomic E-state index is 11.6. The number of piperazine rings is 1. The van der Waals surface area contributed by atoms with Crippen LogP contribution in [-0.2, 0) is 4.79 Å². The predicted molar refractivity (Wildman–Crippen MR) is 114 cm³/mol. The summed E-state index contributed by atoms with van der Waals surface area (Å²) in [6.07, 6.45) is 9.89. The molecule has 0 radical (unpaired) electrons. The predicted octanol–water partition coefficient (Wildman–Crippen LogP) is 2.32. The topological polar surface area (TPSA) is 84.6 Å². The van der Waals surface area contributed by atoms with E-state index in [4.69, 9.17) is 28.5 Å². The van der Waals surface area contributed by atoms with E-state index in [2.05, 4.69) is 20.8 Å². The van der Waals surface area contributed by atoms with E-state index in [1.165, 1.54) is 6.20 Å². The largest absolute Gasteiger partial charge is 0.492 e. The van der Waals surface area contributed by atoms with Gasteiger partial charge in [0, 0.05) is 49.7 Å². The number of ether oxygens (including phenoxy) is 1. The van der Waals surface area contributed by atoms with Crippen LogP contribution in [0.15, 0.2) is 36.8 Å². The zero-order chi connectivity index (χ0) is 20.8. The van der Waals surface area contributed by atoms with Gasteiger partial charge < -0.3 is 20.3 Å². The summed E-state index contributed by atoms with van der Waals surface area (Å²) in [5, 5.41) is 0.349. The molecule has 1 fully saturated rings. The fraction of sp³-hybridized carbons (Fsp3) is 0.286. The molecule has 0 unspecified atom stereocenters. The van der Waals surface area contributed by atoms with E-state index in [1.54, 1.807) is 17.3 Å². The first-order chi connectivity index (χ1) is 14.1. The van der Waals surface area contributed by atoms with Crippen molar-refractivity contribution in [2.75, 3.05) is 37.7 Å². The number of anilines is 1. The molecule has 1 amide bonds. The first-order valence-electron chi connectivity index (χ1n) is 9.24. The highest BCUT2D eigenvalue weighted by Gasteiger charge is 2.21. The standard InChI is InChI=1S/C21H22ClN5O2/c1-3-20(28)27-9-7-26(8-10-27)19-6-5-15(13-24-19)17-11-16(29-4-2)14-25-21(17)18(22)12-23/h1,5-6,11-14H,4,7-10,23H2,2H3. The summed E-state index contributed by atoms with van der Waals surface area (Å²) < 4.78 is 5.56. The van der Waals surface area contributed by atoms with Gasteiger partial charge in [-0.3, -0.25) is 9.78 Å². The highest BCUT2D eigenvalue weighted by atomic mass is 35.5. The van der Waals surface area contributed by atoms with Crippen molar-refractivity contribution in [3.8, 4) is 29.2 Å². The first kappa shape index (κ1) is 20.5. The van der Waals surface area contributed by atoms with Crippen molar-refractivity contribution in [3.63, 3.8) is 0 Å². The minimum Gasteiger partial charge on any atom is -0.492 e. The second-order valence-corrected chi connectivity index (χ2v) is 6.75. The Hall–Kier alpha value is -3.24. The number of nitrogens with two attached hydrogens (primary N) is 1. The zero-order valence-electron chi connectivity index (χ0n) is 16.1. The third kappa shape index (κ3) is 4.61.